The molecule has 1 atom stereocenters. The molecule has 0 fully saturated rings. The van der Waals surface area contributed by atoms with E-state index < -0.39 is 0 Å². The number of phenolic OH excluding ortho intramolecular Hbond substituents is 1. The molecule has 2 aromatic heterocycles. The van der Waals surface area contributed by atoms with Crippen molar-refractivity contribution >= 4 is 5.91 Å². The van der Waals surface area contributed by atoms with Crippen LogP contribution in [0, 0.1) is 5.92 Å². The molecule has 25 heavy (non-hydrogen) atoms. The molecule has 8 nitrogen and oxygen atoms in total. The van der Waals surface area contributed by atoms with E-state index in [4.69, 9.17) is 4.52 Å². The van der Waals surface area contributed by atoms with E-state index in [2.05, 4.69) is 20.4 Å². The summed E-state index contributed by atoms with van der Waals surface area (Å²) in [6.45, 7) is 0.817. The van der Waals surface area contributed by atoms with Crippen molar-refractivity contribution in [3.05, 3.63) is 48.4 Å². The summed E-state index contributed by atoms with van der Waals surface area (Å²) in [5, 5.41) is 16.2. The first kappa shape index (κ1) is 15.4. The van der Waals surface area contributed by atoms with Gasteiger partial charge in [0, 0.05) is 24.0 Å². The van der Waals surface area contributed by atoms with Crippen LogP contribution in [-0.4, -0.2) is 30.7 Å². The van der Waals surface area contributed by atoms with E-state index >= 15 is 0 Å². The minimum Gasteiger partial charge on any atom is -0.508 e. The average Bonchev–Trinajstić information content (AvgIpc) is 3.28. The normalized spacial score (nSPS) is 16.4. The third-order valence-corrected chi connectivity index (χ3v) is 4.32. The van der Waals surface area contributed by atoms with Crippen LogP contribution in [0.5, 0.6) is 5.75 Å². The quantitative estimate of drug-likeness (QED) is 0.746. The Hall–Kier alpha value is -3.16. The number of imidazole rings is 1. The maximum absolute atomic E-state index is 12.4. The van der Waals surface area contributed by atoms with E-state index in [1.165, 1.54) is 0 Å². The molecular weight excluding hydrogens is 322 g/mol. The molecule has 0 saturated heterocycles. The van der Waals surface area contributed by atoms with Crippen LogP contribution in [0.15, 0.2) is 41.3 Å². The monoisotopic (exact) mass is 339 g/mol. The Kier molecular flexibility index (Phi) is 3.93. The highest BCUT2D eigenvalue weighted by molar-refractivity contribution is 5.78. The van der Waals surface area contributed by atoms with Gasteiger partial charge in [0.25, 0.3) is 0 Å². The Morgan fingerprint density at radius 1 is 1.44 bits per heavy atom. The molecule has 3 heterocycles. The molecule has 4 rings (SSSR count). The smallest absolute Gasteiger partial charge is 0.246 e. The van der Waals surface area contributed by atoms with Gasteiger partial charge in [0.2, 0.25) is 17.6 Å². The van der Waals surface area contributed by atoms with Gasteiger partial charge in [-0.2, -0.15) is 4.98 Å². The summed E-state index contributed by atoms with van der Waals surface area (Å²) in [7, 11) is 0. The van der Waals surface area contributed by atoms with Crippen molar-refractivity contribution in [2.24, 2.45) is 5.92 Å². The maximum atomic E-state index is 12.4. The molecule has 1 amide bonds. The van der Waals surface area contributed by atoms with E-state index in [9.17, 15) is 9.90 Å². The minimum absolute atomic E-state index is 0.0311. The number of nitrogens with one attached hydrogen (secondary N) is 1. The highest BCUT2D eigenvalue weighted by Gasteiger charge is 2.24. The van der Waals surface area contributed by atoms with Crippen molar-refractivity contribution in [1.29, 1.82) is 0 Å². The zero-order valence-electron chi connectivity index (χ0n) is 13.4. The fourth-order valence-electron chi connectivity index (χ4n) is 2.98. The Labute approximate surface area is 143 Å². The molecule has 3 aromatic rings. The molecule has 0 spiro atoms. The summed E-state index contributed by atoms with van der Waals surface area (Å²) >= 11 is 0. The summed E-state index contributed by atoms with van der Waals surface area (Å²) in [5.41, 5.74) is 1.82. The fourth-order valence-corrected chi connectivity index (χ4v) is 2.98. The van der Waals surface area contributed by atoms with Gasteiger partial charge in [-0.05, 0) is 25.0 Å². The van der Waals surface area contributed by atoms with Crippen molar-refractivity contribution < 1.29 is 14.4 Å². The molecule has 1 unspecified atom stereocenters. The molecule has 8 heteroatoms. The van der Waals surface area contributed by atoms with Crippen LogP contribution in [0.3, 0.4) is 0 Å². The van der Waals surface area contributed by atoms with Crippen LogP contribution >= 0.6 is 0 Å². The number of phenols is 1. The summed E-state index contributed by atoms with van der Waals surface area (Å²) in [6, 6.07) is 6.60. The summed E-state index contributed by atoms with van der Waals surface area (Å²) in [4.78, 5) is 20.7. The average molecular weight is 339 g/mol. The van der Waals surface area contributed by atoms with Crippen molar-refractivity contribution in [2.75, 3.05) is 0 Å². The zero-order chi connectivity index (χ0) is 17.2. The van der Waals surface area contributed by atoms with E-state index in [0.717, 1.165) is 18.5 Å². The second-order valence-electron chi connectivity index (χ2n) is 6.05. The number of nitrogens with zero attached hydrogens (tertiary/aromatic N) is 4. The van der Waals surface area contributed by atoms with Gasteiger partial charge >= 0.3 is 0 Å². The number of carbonyl (C=O) groups is 1. The standard InChI is InChI=1S/C17H17N5O3/c23-14-3-1-2-11(6-14)16-20-15(25-21-16)8-19-17(24)12-4-5-13-7-18-10-22(13)9-12/h1-3,6-7,10,12,23H,4-5,8-9H2,(H,19,24). The van der Waals surface area contributed by atoms with Gasteiger partial charge in [0.15, 0.2) is 0 Å². The van der Waals surface area contributed by atoms with Crippen LogP contribution in [-0.2, 0) is 24.3 Å². The first-order valence-corrected chi connectivity index (χ1v) is 8.08. The molecule has 2 N–H and O–H groups in total. The summed E-state index contributed by atoms with van der Waals surface area (Å²) < 4.78 is 7.18. The number of rotatable bonds is 4. The highest BCUT2D eigenvalue weighted by atomic mass is 16.5. The molecule has 0 aliphatic carbocycles. The van der Waals surface area contributed by atoms with Crippen molar-refractivity contribution in [1.82, 2.24) is 25.0 Å². The van der Waals surface area contributed by atoms with E-state index in [1.54, 1.807) is 30.6 Å². The predicted molar refractivity (Wildman–Crippen MR) is 87.3 cm³/mol. The predicted octanol–water partition coefficient (Wildman–Crippen LogP) is 1.52. The molecule has 128 valence electrons. The number of benzene rings is 1. The Balaban J connectivity index is 1.37. The number of amides is 1. The van der Waals surface area contributed by atoms with E-state index in [-0.39, 0.29) is 24.1 Å². The van der Waals surface area contributed by atoms with Crippen molar-refractivity contribution in [3.63, 3.8) is 0 Å². The molecule has 1 aliphatic rings. The largest absolute Gasteiger partial charge is 0.508 e. The fraction of sp³-hybridized carbons (Fsp3) is 0.294. The molecule has 0 saturated carbocycles. The summed E-state index contributed by atoms with van der Waals surface area (Å²) in [5.74, 6) is 0.714. The molecular formula is C17H17N5O3. The Morgan fingerprint density at radius 3 is 3.24 bits per heavy atom. The van der Waals surface area contributed by atoms with Gasteiger partial charge in [-0.1, -0.05) is 17.3 Å². The van der Waals surface area contributed by atoms with Crippen LogP contribution in [0.25, 0.3) is 11.4 Å². The van der Waals surface area contributed by atoms with E-state index in [1.807, 2.05) is 10.8 Å². The topological polar surface area (TPSA) is 106 Å². The number of hydrogen-bond acceptors (Lipinski definition) is 6. The van der Waals surface area contributed by atoms with Crippen molar-refractivity contribution in [2.45, 2.75) is 25.9 Å². The highest BCUT2D eigenvalue weighted by Crippen LogP contribution is 2.21. The van der Waals surface area contributed by atoms with E-state index in [0.29, 0.717) is 23.8 Å². The third-order valence-electron chi connectivity index (χ3n) is 4.32. The zero-order valence-corrected chi connectivity index (χ0v) is 13.4. The Morgan fingerprint density at radius 2 is 2.36 bits per heavy atom. The molecule has 1 aliphatic heterocycles. The SMILES string of the molecule is O=C(NCc1nc(-c2cccc(O)c2)no1)C1CCc2cncn2C1. The lowest BCUT2D eigenvalue weighted by Gasteiger charge is -2.22. The third kappa shape index (κ3) is 3.23. The molecule has 0 bridgehead atoms. The lowest BCUT2D eigenvalue weighted by Crippen LogP contribution is -2.35. The van der Waals surface area contributed by atoms with Crippen LogP contribution in [0.4, 0.5) is 0 Å². The van der Waals surface area contributed by atoms with Crippen molar-refractivity contribution in [3.8, 4) is 17.1 Å². The molecule has 1 aromatic carbocycles. The summed E-state index contributed by atoms with van der Waals surface area (Å²) in [6.07, 6.45) is 5.25. The number of aryl methyl sites for hydroxylation is 1. The number of fused-ring (bicyclic) bond motifs is 1. The minimum atomic E-state index is -0.0878. The number of hydrogen-bond donors (Lipinski definition) is 2. The maximum Gasteiger partial charge on any atom is 0.246 e. The van der Waals surface area contributed by atoms with Gasteiger partial charge in [-0.15, -0.1) is 0 Å². The van der Waals surface area contributed by atoms with Crippen LogP contribution < -0.4 is 5.32 Å². The lowest BCUT2D eigenvalue weighted by molar-refractivity contribution is -0.126. The first-order valence-electron chi connectivity index (χ1n) is 8.08. The van der Waals surface area contributed by atoms with Gasteiger partial charge in [-0.3, -0.25) is 4.79 Å². The second kappa shape index (κ2) is 6.39. The number of aromatic hydroxyl groups is 1. The number of carbonyl (C=O) groups excluding carboxylic acids is 1. The number of aromatic nitrogens is 4. The van der Waals surface area contributed by atoms with Gasteiger partial charge < -0.3 is 19.5 Å². The second-order valence-corrected chi connectivity index (χ2v) is 6.05. The lowest BCUT2D eigenvalue weighted by atomic mass is 9.97. The van der Waals surface area contributed by atoms with Crippen LogP contribution in [0.1, 0.15) is 18.0 Å². The first-order chi connectivity index (χ1) is 12.2. The van der Waals surface area contributed by atoms with Gasteiger partial charge in [-0.25, -0.2) is 4.98 Å². The van der Waals surface area contributed by atoms with Crippen LogP contribution in [0.2, 0.25) is 0 Å². The van der Waals surface area contributed by atoms with Gasteiger partial charge in [0.1, 0.15) is 5.75 Å². The molecule has 0 radical (unpaired) electrons. The van der Waals surface area contributed by atoms with Gasteiger partial charge in [0.05, 0.1) is 18.8 Å². The Bertz CT molecular complexity index is 901.